The Kier molecular flexibility index (Phi) is 7.32. The third-order valence-electron chi connectivity index (χ3n) is 6.83. The number of imidazole rings is 1. The molecule has 14 heteroatoms. The van der Waals surface area contributed by atoms with Crippen LogP contribution in [0.2, 0.25) is 0 Å². The molecule has 6 N–H and O–H groups in total. The van der Waals surface area contributed by atoms with Crippen LogP contribution in [0.3, 0.4) is 0 Å². The van der Waals surface area contributed by atoms with E-state index < -0.39 is 48.6 Å². The summed E-state index contributed by atoms with van der Waals surface area (Å²) in [4.78, 5) is 31.2. The number of aliphatic hydroxyl groups excluding tert-OH is 2. The fourth-order valence-electron chi connectivity index (χ4n) is 4.08. The van der Waals surface area contributed by atoms with E-state index in [9.17, 15) is 29.6 Å². The van der Waals surface area contributed by atoms with Gasteiger partial charge in [-0.3, -0.25) is 18.5 Å². The summed E-state index contributed by atoms with van der Waals surface area (Å²) in [6, 6.07) is 0. The van der Waals surface area contributed by atoms with Crippen LogP contribution in [0.1, 0.15) is 59.6 Å². The highest BCUT2D eigenvalue weighted by atomic mass is 31.2. The van der Waals surface area contributed by atoms with E-state index in [1.54, 1.807) is 27.7 Å². The molecule has 1 aliphatic heterocycles. The minimum absolute atomic E-state index is 0.0176. The summed E-state index contributed by atoms with van der Waals surface area (Å²) in [5.74, 6) is -0.0613. The molecule has 0 bridgehead atoms. The molecule has 2 aromatic heterocycles. The van der Waals surface area contributed by atoms with Crippen molar-refractivity contribution in [3.05, 3.63) is 16.7 Å². The standard InChI is InChI=1S/C20H34N5O8P/c1-6-19(4,33-34(30,31)20(29,7-2)8-3)9-11-13(26)14(27)17(32-11)25-10-22-12-15(25)23-18(21)24(5)16(12)28/h10-11,13-14,17,26-27,29H,6-9H2,1-5H3,(H2,21,23)(H,30,31)/t11?,13?,14-,17-,19?/m1/s1. The van der Waals surface area contributed by atoms with Gasteiger partial charge in [-0.25, -0.2) is 4.98 Å². The number of fused-ring (bicyclic) bond motifs is 1. The lowest BCUT2D eigenvalue weighted by Crippen LogP contribution is -2.40. The van der Waals surface area contributed by atoms with Gasteiger partial charge in [0.15, 0.2) is 22.7 Å². The summed E-state index contributed by atoms with van der Waals surface area (Å²) < 4.78 is 26.9. The van der Waals surface area contributed by atoms with Gasteiger partial charge in [0, 0.05) is 13.5 Å². The second-order valence-corrected chi connectivity index (χ2v) is 11.1. The van der Waals surface area contributed by atoms with Crippen LogP contribution in [0.4, 0.5) is 5.95 Å². The third kappa shape index (κ3) is 4.41. The second-order valence-electron chi connectivity index (χ2n) is 9.01. The first-order valence-corrected chi connectivity index (χ1v) is 12.8. The molecule has 34 heavy (non-hydrogen) atoms. The van der Waals surface area contributed by atoms with Gasteiger partial charge in [0.2, 0.25) is 5.95 Å². The lowest BCUT2D eigenvalue weighted by atomic mass is 9.93. The molecule has 2 aromatic rings. The van der Waals surface area contributed by atoms with Crippen molar-refractivity contribution in [2.45, 2.75) is 88.9 Å². The van der Waals surface area contributed by atoms with Gasteiger partial charge in [-0.05, 0) is 26.2 Å². The monoisotopic (exact) mass is 503 g/mol. The average molecular weight is 503 g/mol. The van der Waals surface area contributed by atoms with Crippen molar-refractivity contribution in [3.8, 4) is 0 Å². The maximum absolute atomic E-state index is 12.9. The summed E-state index contributed by atoms with van der Waals surface area (Å²) in [6.07, 6.45) is -3.44. The van der Waals surface area contributed by atoms with Crippen molar-refractivity contribution in [1.82, 2.24) is 19.1 Å². The number of rotatable bonds is 9. The van der Waals surface area contributed by atoms with Crippen molar-refractivity contribution in [3.63, 3.8) is 0 Å². The number of nitrogens with two attached hydrogens (primary N) is 1. The highest BCUT2D eigenvalue weighted by Crippen LogP contribution is 2.60. The zero-order chi connectivity index (χ0) is 25.6. The molecule has 6 atom stereocenters. The highest BCUT2D eigenvalue weighted by molar-refractivity contribution is 7.54. The summed E-state index contributed by atoms with van der Waals surface area (Å²) >= 11 is 0. The van der Waals surface area contributed by atoms with Crippen LogP contribution in [0.5, 0.6) is 0 Å². The topological polar surface area (TPSA) is 195 Å². The van der Waals surface area contributed by atoms with Crippen LogP contribution in [0, 0.1) is 0 Å². The van der Waals surface area contributed by atoms with E-state index >= 15 is 0 Å². The number of nitrogens with zero attached hydrogens (tertiary/aromatic N) is 4. The number of nitrogen functional groups attached to an aromatic ring is 1. The number of aliphatic hydroxyl groups is 3. The smallest absolute Gasteiger partial charge is 0.359 e. The Morgan fingerprint density at radius 1 is 1.24 bits per heavy atom. The van der Waals surface area contributed by atoms with E-state index in [-0.39, 0.29) is 42.8 Å². The molecule has 0 amide bonds. The molecule has 1 fully saturated rings. The third-order valence-corrected chi connectivity index (χ3v) is 9.21. The van der Waals surface area contributed by atoms with Gasteiger partial charge < -0.3 is 35.2 Å². The number of aromatic nitrogens is 4. The second kappa shape index (κ2) is 9.30. The molecule has 1 saturated heterocycles. The fourth-order valence-corrected chi connectivity index (χ4v) is 5.85. The van der Waals surface area contributed by atoms with Gasteiger partial charge in [-0.1, -0.05) is 20.8 Å². The van der Waals surface area contributed by atoms with E-state index in [1.807, 2.05) is 0 Å². The van der Waals surface area contributed by atoms with E-state index in [2.05, 4.69) is 9.97 Å². The first-order chi connectivity index (χ1) is 15.7. The summed E-state index contributed by atoms with van der Waals surface area (Å²) in [5.41, 5.74) is 4.16. The maximum atomic E-state index is 12.9. The van der Waals surface area contributed by atoms with E-state index in [0.717, 1.165) is 4.57 Å². The number of anilines is 1. The molecule has 4 unspecified atom stereocenters. The molecule has 0 aliphatic carbocycles. The Balaban J connectivity index is 1.88. The number of hydrogen-bond acceptors (Lipinski definition) is 10. The molecule has 13 nitrogen and oxygen atoms in total. The quantitative estimate of drug-likeness (QED) is 0.301. The van der Waals surface area contributed by atoms with Gasteiger partial charge in [0.25, 0.3) is 5.56 Å². The summed E-state index contributed by atoms with van der Waals surface area (Å²) in [7, 11) is -3.02. The van der Waals surface area contributed by atoms with Gasteiger partial charge in [0.1, 0.15) is 12.2 Å². The van der Waals surface area contributed by atoms with Crippen LogP contribution in [0.25, 0.3) is 11.2 Å². The Morgan fingerprint density at radius 2 is 1.85 bits per heavy atom. The van der Waals surface area contributed by atoms with Crippen molar-refractivity contribution in [1.29, 1.82) is 0 Å². The van der Waals surface area contributed by atoms with E-state index in [4.69, 9.17) is 15.0 Å². The fraction of sp³-hybridized carbons (Fsp3) is 0.750. The van der Waals surface area contributed by atoms with Crippen LogP contribution in [-0.2, 0) is 20.9 Å². The predicted octanol–water partition coefficient (Wildman–Crippen LogP) is 0.601. The Labute approximate surface area is 196 Å². The normalized spacial score (nSPS) is 27.1. The Hall–Kier alpha value is -1.86. The predicted molar refractivity (Wildman–Crippen MR) is 123 cm³/mol. The highest BCUT2D eigenvalue weighted by Gasteiger charge is 2.51. The van der Waals surface area contributed by atoms with Crippen LogP contribution in [-0.4, -0.2) is 68.6 Å². The Bertz CT molecular complexity index is 1150. The van der Waals surface area contributed by atoms with Crippen molar-refractivity contribution < 1.29 is 34.0 Å². The zero-order valence-electron chi connectivity index (χ0n) is 20.0. The lowest BCUT2D eigenvalue weighted by Gasteiger charge is -2.38. The molecule has 0 radical (unpaired) electrons. The molecule has 192 valence electrons. The number of hydrogen-bond donors (Lipinski definition) is 5. The minimum atomic E-state index is -4.48. The molecular formula is C20H34N5O8P. The molecule has 3 rings (SSSR count). The van der Waals surface area contributed by atoms with Crippen LogP contribution < -0.4 is 11.3 Å². The average Bonchev–Trinajstić information content (AvgIpc) is 3.32. The van der Waals surface area contributed by atoms with Crippen LogP contribution >= 0.6 is 7.60 Å². The SMILES string of the molecule is CCC(C)(CC1O[C@@H](n2cnc3c(=O)n(C)c(N)nc32)[C@H](O)C1O)OP(=O)(O)C(O)(CC)CC. The van der Waals surface area contributed by atoms with E-state index in [0.29, 0.717) is 0 Å². The number of ether oxygens (including phenoxy) is 1. The molecule has 3 heterocycles. The molecule has 0 spiro atoms. The summed E-state index contributed by atoms with van der Waals surface area (Å²) in [5, 5.41) is 30.1. The molecule has 0 saturated carbocycles. The molecule has 0 aromatic carbocycles. The first kappa shape index (κ1) is 26.7. The molecular weight excluding hydrogens is 469 g/mol. The van der Waals surface area contributed by atoms with Crippen molar-refractivity contribution in [2.24, 2.45) is 7.05 Å². The van der Waals surface area contributed by atoms with E-state index in [1.165, 1.54) is 17.9 Å². The minimum Gasteiger partial charge on any atom is -0.388 e. The lowest BCUT2D eigenvalue weighted by molar-refractivity contribution is -0.0696. The van der Waals surface area contributed by atoms with Gasteiger partial charge in [0.05, 0.1) is 18.0 Å². The van der Waals surface area contributed by atoms with Gasteiger partial charge in [-0.15, -0.1) is 0 Å². The zero-order valence-corrected chi connectivity index (χ0v) is 20.8. The van der Waals surface area contributed by atoms with Crippen LogP contribution in [0.15, 0.2) is 11.1 Å². The summed E-state index contributed by atoms with van der Waals surface area (Å²) in [6.45, 7) is 6.49. The first-order valence-electron chi connectivity index (χ1n) is 11.2. The van der Waals surface area contributed by atoms with Crippen molar-refractivity contribution >= 4 is 24.7 Å². The maximum Gasteiger partial charge on any atom is 0.359 e. The molecule has 1 aliphatic rings. The van der Waals surface area contributed by atoms with Crippen molar-refractivity contribution in [2.75, 3.05) is 5.73 Å². The van der Waals surface area contributed by atoms with Gasteiger partial charge in [-0.2, -0.15) is 4.98 Å². The largest absolute Gasteiger partial charge is 0.388 e. The van der Waals surface area contributed by atoms with Gasteiger partial charge >= 0.3 is 7.60 Å². The Morgan fingerprint density at radius 3 is 2.41 bits per heavy atom.